The van der Waals surface area contributed by atoms with Gasteiger partial charge in [-0.2, -0.15) is 0 Å². The van der Waals surface area contributed by atoms with E-state index in [9.17, 15) is 4.79 Å². The molecule has 1 fully saturated rings. The van der Waals surface area contributed by atoms with Crippen LogP contribution in [-0.2, 0) is 4.74 Å². The number of ether oxygens (including phenoxy) is 2. The second kappa shape index (κ2) is 5.05. The number of hydrogen-bond acceptors (Lipinski definition) is 4. The van der Waals surface area contributed by atoms with Crippen LogP contribution in [0.4, 0.5) is 10.5 Å². The van der Waals surface area contributed by atoms with Gasteiger partial charge in [-0.25, -0.2) is 4.79 Å². The van der Waals surface area contributed by atoms with E-state index in [4.69, 9.17) is 9.47 Å². The quantitative estimate of drug-likeness (QED) is 0.854. The summed E-state index contributed by atoms with van der Waals surface area (Å²) in [4.78, 5) is 13.3. The lowest BCUT2D eigenvalue weighted by Crippen LogP contribution is -2.28. The van der Waals surface area contributed by atoms with Crippen LogP contribution in [0.3, 0.4) is 0 Å². The van der Waals surface area contributed by atoms with E-state index in [0.717, 1.165) is 11.4 Å². The molecule has 1 amide bonds. The first-order valence-electron chi connectivity index (χ1n) is 5.51. The lowest BCUT2D eigenvalue weighted by molar-refractivity contribution is 0.141. The van der Waals surface area contributed by atoms with Crippen LogP contribution in [0.2, 0.25) is 0 Å². The smallest absolute Gasteiger partial charge is 0.414 e. The van der Waals surface area contributed by atoms with Crippen LogP contribution in [0.25, 0.3) is 0 Å². The summed E-state index contributed by atoms with van der Waals surface area (Å²) in [6.45, 7) is 1.24. The third-order valence-electron chi connectivity index (χ3n) is 2.69. The molecule has 1 aromatic carbocycles. The van der Waals surface area contributed by atoms with Crippen LogP contribution in [0.15, 0.2) is 24.3 Å². The number of cyclic esters (lactones) is 1. The third-order valence-corrected chi connectivity index (χ3v) is 2.69. The summed E-state index contributed by atoms with van der Waals surface area (Å²) >= 11 is 0. The van der Waals surface area contributed by atoms with Crippen molar-refractivity contribution < 1.29 is 14.3 Å². The van der Waals surface area contributed by atoms with Crippen molar-refractivity contribution in [3.05, 3.63) is 24.3 Å². The Bertz CT molecular complexity index is 391. The van der Waals surface area contributed by atoms with Gasteiger partial charge in [0.1, 0.15) is 11.9 Å². The summed E-state index contributed by atoms with van der Waals surface area (Å²) < 4.78 is 10.3. The average Bonchev–Trinajstić information content (AvgIpc) is 2.71. The highest BCUT2D eigenvalue weighted by Gasteiger charge is 2.31. The Morgan fingerprint density at radius 3 is 2.76 bits per heavy atom. The number of nitrogens with zero attached hydrogens (tertiary/aromatic N) is 1. The molecule has 2 rings (SSSR count). The molecule has 5 nitrogen and oxygen atoms in total. The molecule has 0 aliphatic carbocycles. The zero-order chi connectivity index (χ0) is 12.3. The highest BCUT2D eigenvalue weighted by molar-refractivity contribution is 5.89. The van der Waals surface area contributed by atoms with E-state index >= 15 is 0 Å². The maximum absolute atomic E-state index is 11.7. The van der Waals surface area contributed by atoms with E-state index in [-0.39, 0.29) is 12.2 Å². The van der Waals surface area contributed by atoms with Gasteiger partial charge in [0.25, 0.3) is 0 Å². The predicted octanol–water partition coefficient (Wildman–Crippen LogP) is 1.24. The fourth-order valence-corrected chi connectivity index (χ4v) is 1.83. The van der Waals surface area contributed by atoms with Gasteiger partial charge in [-0.3, -0.25) is 4.90 Å². The standard InChI is InChI=1S/C12H16N2O3/c1-13-7-11-8-14(12(15)17-11)9-3-5-10(16-2)6-4-9/h3-6,11,13H,7-8H2,1-2H3. The first kappa shape index (κ1) is 11.7. The summed E-state index contributed by atoms with van der Waals surface area (Å²) in [6, 6.07) is 7.35. The van der Waals surface area contributed by atoms with Crippen LogP contribution in [0.1, 0.15) is 0 Å². The van der Waals surface area contributed by atoms with E-state index in [2.05, 4.69) is 5.32 Å². The van der Waals surface area contributed by atoms with E-state index in [1.54, 1.807) is 12.0 Å². The van der Waals surface area contributed by atoms with Gasteiger partial charge >= 0.3 is 6.09 Å². The minimum Gasteiger partial charge on any atom is -0.497 e. The molecule has 0 aromatic heterocycles. The Morgan fingerprint density at radius 2 is 2.18 bits per heavy atom. The van der Waals surface area contributed by atoms with Gasteiger partial charge in [-0.1, -0.05) is 0 Å². The summed E-state index contributed by atoms with van der Waals surface area (Å²) in [5, 5.41) is 3.00. The van der Waals surface area contributed by atoms with Crippen LogP contribution < -0.4 is 15.0 Å². The Kier molecular flexibility index (Phi) is 3.49. The van der Waals surface area contributed by atoms with Crippen LogP contribution in [0, 0.1) is 0 Å². The predicted molar refractivity (Wildman–Crippen MR) is 64.5 cm³/mol. The highest BCUT2D eigenvalue weighted by Crippen LogP contribution is 2.23. The van der Waals surface area contributed by atoms with Crippen molar-refractivity contribution in [1.82, 2.24) is 5.32 Å². The van der Waals surface area contributed by atoms with Crippen molar-refractivity contribution >= 4 is 11.8 Å². The number of rotatable bonds is 4. The average molecular weight is 236 g/mol. The Labute approximate surface area is 100 Å². The van der Waals surface area contributed by atoms with Gasteiger partial charge in [0.05, 0.1) is 13.7 Å². The Hall–Kier alpha value is -1.75. The zero-order valence-corrected chi connectivity index (χ0v) is 9.97. The fraction of sp³-hybridized carbons (Fsp3) is 0.417. The number of amides is 1. The van der Waals surface area contributed by atoms with E-state index < -0.39 is 0 Å². The molecule has 0 saturated carbocycles. The molecule has 1 heterocycles. The number of carbonyl (C=O) groups excluding carboxylic acids is 1. The van der Waals surface area contributed by atoms with Crippen molar-refractivity contribution in [1.29, 1.82) is 0 Å². The van der Waals surface area contributed by atoms with Gasteiger partial charge in [0.15, 0.2) is 0 Å². The lowest BCUT2D eigenvalue weighted by Gasteiger charge is -2.13. The molecular formula is C12H16N2O3. The molecule has 1 N–H and O–H groups in total. The van der Waals surface area contributed by atoms with Gasteiger partial charge < -0.3 is 14.8 Å². The maximum atomic E-state index is 11.7. The molecule has 92 valence electrons. The minimum absolute atomic E-state index is 0.0883. The summed E-state index contributed by atoms with van der Waals surface area (Å²) in [5.41, 5.74) is 0.828. The van der Waals surface area contributed by atoms with Crippen molar-refractivity contribution in [3.63, 3.8) is 0 Å². The van der Waals surface area contributed by atoms with Crippen molar-refractivity contribution in [2.45, 2.75) is 6.10 Å². The lowest BCUT2D eigenvalue weighted by atomic mass is 10.2. The maximum Gasteiger partial charge on any atom is 0.414 e. The minimum atomic E-state index is -0.296. The number of methoxy groups -OCH3 is 1. The molecule has 1 saturated heterocycles. The molecule has 1 aliphatic heterocycles. The molecule has 1 unspecified atom stereocenters. The molecule has 0 spiro atoms. The molecule has 17 heavy (non-hydrogen) atoms. The van der Waals surface area contributed by atoms with Crippen LogP contribution >= 0.6 is 0 Å². The SMILES string of the molecule is CNCC1CN(c2ccc(OC)cc2)C(=O)O1. The number of hydrogen-bond donors (Lipinski definition) is 1. The van der Waals surface area contributed by atoms with Crippen LogP contribution in [0.5, 0.6) is 5.75 Å². The van der Waals surface area contributed by atoms with Crippen molar-refractivity contribution in [2.75, 3.05) is 32.1 Å². The Balaban J connectivity index is 2.08. The molecule has 0 bridgehead atoms. The summed E-state index contributed by atoms with van der Waals surface area (Å²) in [7, 11) is 3.45. The first-order valence-corrected chi connectivity index (χ1v) is 5.51. The van der Waals surface area contributed by atoms with E-state index in [1.807, 2.05) is 31.3 Å². The fourth-order valence-electron chi connectivity index (χ4n) is 1.83. The zero-order valence-electron chi connectivity index (χ0n) is 9.97. The number of likely N-dealkylation sites (N-methyl/N-ethyl adjacent to an activating group) is 1. The summed E-state index contributed by atoms with van der Waals surface area (Å²) in [6.07, 6.45) is -0.384. The second-order valence-corrected chi connectivity index (χ2v) is 3.87. The van der Waals surface area contributed by atoms with Crippen LogP contribution in [-0.4, -0.2) is 39.4 Å². The number of nitrogens with one attached hydrogen (secondary N) is 1. The van der Waals surface area contributed by atoms with E-state index in [0.29, 0.717) is 13.1 Å². The molecule has 0 radical (unpaired) electrons. The van der Waals surface area contributed by atoms with Crippen molar-refractivity contribution in [2.24, 2.45) is 0 Å². The monoisotopic (exact) mass is 236 g/mol. The largest absolute Gasteiger partial charge is 0.497 e. The van der Waals surface area contributed by atoms with E-state index in [1.165, 1.54) is 0 Å². The molecule has 1 aromatic rings. The van der Waals surface area contributed by atoms with Crippen molar-refractivity contribution in [3.8, 4) is 5.75 Å². The number of anilines is 1. The van der Waals surface area contributed by atoms with Gasteiger partial charge in [-0.15, -0.1) is 0 Å². The summed E-state index contributed by atoms with van der Waals surface area (Å²) in [5.74, 6) is 0.771. The normalized spacial score (nSPS) is 19.3. The molecular weight excluding hydrogens is 220 g/mol. The molecule has 5 heteroatoms. The first-order chi connectivity index (χ1) is 8.24. The molecule has 1 aliphatic rings. The second-order valence-electron chi connectivity index (χ2n) is 3.87. The van der Waals surface area contributed by atoms with Gasteiger partial charge in [-0.05, 0) is 31.3 Å². The third kappa shape index (κ3) is 2.50. The highest BCUT2D eigenvalue weighted by atomic mass is 16.6. The topological polar surface area (TPSA) is 50.8 Å². The number of carbonyl (C=O) groups is 1. The Morgan fingerprint density at radius 1 is 1.47 bits per heavy atom. The van der Waals surface area contributed by atoms with Gasteiger partial charge in [0, 0.05) is 12.2 Å². The number of benzene rings is 1. The van der Waals surface area contributed by atoms with Gasteiger partial charge in [0.2, 0.25) is 0 Å². The molecule has 1 atom stereocenters.